The van der Waals surface area contributed by atoms with Crippen molar-refractivity contribution in [1.82, 2.24) is 0 Å². The number of benzene rings is 4. The zero-order valence-corrected chi connectivity index (χ0v) is 72.9. The second kappa shape index (κ2) is 67.0. The summed E-state index contributed by atoms with van der Waals surface area (Å²) in [4.78, 5) is -0.0918. The van der Waals surface area contributed by atoms with Gasteiger partial charge in [0.05, 0.1) is 9.79 Å². The molecule has 0 aliphatic carbocycles. The largest absolute Gasteiger partial charge is 2.00 e. The van der Waals surface area contributed by atoms with Crippen molar-refractivity contribution in [3.05, 3.63) is 82.9 Å². The Morgan fingerprint density at radius 2 is 0.356 bits per heavy atom. The first-order valence-corrected chi connectivity index (χ1v) is 46.8. The molecule has 0 spiro atoms. The Morgan fingerprint density at radius 1 is 0.208 bits per heavy atom. The monoisotopic (exact) mass is 1560 g/mol. The van der Waals surface area contributed by atoms with Gasteiger partial charge in [-0.15, -0.1) is 0 Å². The molecule has 0 amide bonds. The van der Waals surface area contributed by atoms with Crippen molar-refractivity contribution in [2.45, 2.75) is 474 Å². The van der Waals surface area contributed by atoms with Crippen LogP contribution in [0.4, 0.5) is 0 Å². The average molecular weight is 1560 g/mol. The molecule has 101 heavy (non-hydrogen) atoms. The van der Waals surface area contributed by atoms with Crippen molar-refractivity contribution in [3.63, 3.8) is 0 Å². The van der Waals surface area contributed by atoms with Gasteiger partial charge >= 0.3 is 48.9 Å². The first-order valence-electron chi connectivity index (χ1n) is 43.9. The van der Waals surface area contributed by atoms with E-state index in [9.17, 15) is 25.9 Å². The average Bonchev–Trinajstić information content (AvgIpc) is 0.792. The number of hydrogen-bond donors (Lipinski definition) is 0. The molecule has 0 saturated carbocycles. The van der Waals surface area contributed by atoms with Crippen LogP contribution in [-0.4, -0.2) is 74.8 Å². The Labute approximate surface area is 667 Å². The maximum atomic E-state index is 12.2. The maximum Gasteiger partial charge on any atom is 2.00 e. The van der Waals surface area contributed by atoms with Crippen molar-refractivity contribution in [2.75, 3.05) is 0 Å². The van der Waals surface area contributed by atoms with Gasteiger partial charge in [0.15, 0.2) is 0 Å². The zero-order valence-electron chi connectivity index (χ0n) is 66.8. The number of fused-ring (bicyclic) bond motifs is 2. The van der Waals surface area contributed by atoms with Gasteiger partial charge in [-0.3, -0.25) is 0 Å². The molecule has 6 nitrogen and oxygen atoms in total. The smallest absolute Gasteiger partial charge is 0.744 e. The summed E-state index contributed by atoms with van der Waals surface area (Å²) >= 11 is 0. The van der Waals surface area contributed by atoms with E-state index >= 15 is 0 Å². The minimum atomic E-state index is -4.52. The zero-order chi connectivity index (χ0) is 71.9. The van der Waals surface area contributed by atoms with E-state index in [1.54, 1.807) is 12.1 Å². The summed E-state index contributed by atoms with van der Waals surface area (Å²) < 4.78 is 73.1. The van der Waals surface area contributed by atoms with Gasteiger partial charge in [0.2, 0.25) is 0 Å². The molecular formula is C92H158BaO6S2. The molecule has 0 heterocycles. The molecule has 4 aromatic rings. The number of hydrogen-bond acceptors (Lipinski definition) is 6. The van der Waals surface area contributed by atoms with E-state index in [0.717, 1.165) is 86.1 Å². The predicted octanol–water partition coefficient (Wildman–Crippen LogP) is 30.3. The SMILES string of the molecule is CCCCCCCCCCCCCCCCCCc1ccc2c(S(=O)(=O)[O-])cc(CCCCCCCCCCCCCCCCCC)cc2c1.CCCCCCCCCCCCCCCCCCc1ccc2c(S(=O)(=O)[O-])cc(CCCCCCCCCCCCCCCCCC)cc2c1.[Ba+2]. The van der Waals surface area contributed by atoms with Gasteiger partial charge in [0, 0.05) is 0 Å². The summed E-state index contributed by atoms with van der Waals surface area (Å²) in [6.07, 6.45) is 90.4. The molecule has 4 aromatic carbocycles. The molecule has 0 unspecified atom stereocenters. The van der Waals surface area contributed by atoms with Crippen LogP contribution in [-0.2, 0) is 45.9 Å². The molecule has 0 saturated heterocycles. The molecule has 0 aromatic heterocycles. The van der Waals surface area contributed by atoms with Crippen LogP contribution in [0.1, 0.15) is 461 Å². The van der Waals surface area contributed by atoms with E-state index in [2.05, 4.69) is 52.0 Å². The Balaban J connectivity index is 0.000000680. The molecule has 576 valence electrons. The van der Waals surface area contributed by atoms with Gasteiger partial charge in [-0.2, -0.15) is 0 Å². The van der Waals surface area contributed by atoms with Crippen molar-refractivity contribution >= 4 is 90.7 Å². The summed E-state index contributed by atoms with van der Waals surface area (Å²) in [6, 6.07) is 19.6. The standard InChI is InChI=1S/2C46H80O3S.Ba/c2*1-3-5-7-9-11-13-15-17-19-21-23-25-27-29-31-33-35-42-37-38-45-44(39-42)40-43(41-46(45)50(47,48)49)36-34-32-30-28-26-24-22-20-18-16-14-12-10-8-6-4-2;/h2*37-41H,3-36H2,1-2H3,(H,47,48,49);/q;;+2/p-2. The molecule has 9 heteroatoms. The number of aryl methyl sites for hydroxylation is 4. The quantitative estimate of drug-likeness (QED) is 0.0247. The van der Waals surface area contributed by atoms with Crippen LogP contribution >= 0.6 is 0 Å². The van der Waals surface area contributed by atoms with Gasteiger partial charge in [0.25, 0.3) is 0 Å². The molecule has 0 atom stereocenters. The second-order valence-corrected chi connectivity index (χ2v) is 34.1. The molecule has 0 bridgehead atoms. The van der Waals surface area contributed by atoms with Crippen molar-refractivity contribution in [3.8, 4) is 0 Å². The van der Waals surface area contributed by atoms with E-state index < -0.39 is 20.2 Å². The third kappa shape index (κ3) is 52.5. The number of unbranched alkanes of at least 4 members (excludes halogenated alkanes) is 60. The van der Waals surface area contributed by atoms with Gasteiger partial charge < -0.3 is 9.11 Å². The fourth-order valence-corrected chi connectivity index (χ4v) is 16.9. The van der Waals surface area contributed by atoms with Crippen LogP contribution in [0.25, 0.3) is 21.5 Å². The second-order valence-electron chi connectivity index (χ2n) is 31.4. The minimum Gasteiger partial charge on any atom is -0.744 e. The van der Waals surface area contributed by atoms with Crippen molar-refractivity contribution in [1.29, 1.82) is 0 Å². The molecule has 4 rings (SSSR count). The Kier molecular flexibility index (Phi) is 63.5. The summed E-state index contributed by atoms with van der Waals surface area (Å²) in [6.45, 7) is 9.14. The third-order valence-corrected chi connectivity index (χ3v) is 23.6. The van der Waals surface area contributed by atoms with Gasteiger partial charge in [-0.05, 0) is 107 Å². The fraction of sp³-hybridized carbons (Fsp3) is 0.783. The van der Waals surface area contributed by atoms with E-state index in [4.69, 9.17) is 0 Å². The molecule has 0 N–H and O–H groups in total. The fourth-order valence-electron chi connectivity index (χ4n) is 15.4. The van der Waals surface area contributed by atoms with E-state index in [1.807, 2.05) is 24.3 Å². The van der Waals surface area contributed by atoms with E-state index in [1.165, 1.54) is 384 Å². The molecule has 0 radical (unpaired) electrons. The van der Waals surface area contributed by atoms with Crippen LogP contribution < -0.4 is 0 Å². The normalized spacial score (nSPS) is 11.9. The van der Waals surface area contributed by atoms with E-state index in [-0.39, 0.29) is 58.7 Å². The van der Waals surface area contributed by atoms with Gasteiger partial charge in [-0.25, -0.2) is 16.8 Å². The maximum absolute atomic E-state index is 12.2. The first-order chi connectivity index (χ1) is 48.9. The summed E-state index contributed by atoms with van der Waals surface area (Å²) in [5.74, 6) is 0. The summed E-state index contributed by atoms with van der Waals surface area (Å²) in [5.41, 5.74) is 4.46. The van der Waals surface area contributed by atoms with Crippen LogP contribution in [0.3, 0.4) is 0 Å². The topological polar surface area (TPSA) is 114 Å². The third-order valence-electron chi connectivity index (χ3n) is 21.9. The Morgan fingerprint density at radius 3 is 0.525 bits per heavy atom. The van der Waals surface area contributed by atoms with Crippen LogP contribution in [0, 0.1) is 0 Å². The van der Waals surface area contributed by atoms with Crippen molar-refractivity contribution in [2.24, 2.45) is 0 Å². The van der Waals surface area contributed by atoms with Crippen LogP contribution in [0.15, 0.2) is 70.5 Å². The Hall–Kier alpha value is -1.21. The predicted molar refractivity (Wildman–Crippen MR) is 443 cm³/mol. The molecule has 0 fully saturated rings. The summed E-state index contributed by atoms with van der Waals surface area (Å²) in [5, 5.41) is 2.96. The van der Waals surface area contributed by atoms with Gasteiger partial charge in [0.1, 0.15) is 20.2 Å². The first kappa shape index (κ1) is 95.9. The van der Waals surface area contributed by atoms with Crippen molar-refractivity contribution < 1.29 is 25.9 Å². The minimum absolute atomic E-state index is 0. The molecule has 0 aliphatic rings. The van der Waals surface area contributed by atoms with Crippen LogP contribution in [0.2, 0.25) is 0 Å². The Bertz CT molecular complexity index is 2560. The summed E-state index contributed by atoms with van der Waals surface area (Å²) in [7, 11) is -9.04. The number of rotatable bonds is 70. The van der Waals surface area contributed by atoms with Gasteiger partial charge in [-0.1, -0.05) is 461 Å². The molecular weight excluding hydrogens is 1400 g/mol. The van der Waals surface area contributed by atoms with E-state index in [0.29, 0.717) is 10.8 Å². The van der Waals surface area contributed by atoms with Crippen LogP contribution in [0.5, 0.6) is 0 Å². The molecule has 0 aliphatic heterocycles.